The van der Waals surface area contributed by atoms with Gasteiger partial charge in [0, 0.05) is 19.6 Å². The monoisotopic (exact) mass is 322 g/mol. The molecule has 2 aliphatic rings. The molecule has 1 saturated heterocycles. The molecule has 126 valence electrons. The van der Waals surface area contributed by atoms with Crippen molar-refractivity contribution in [2.24, 2.45) is 11.3 Å². The van der Waals surface area contributed by atoms with Crippen molar-refractivity contribution in [2.75, 3.05) is 26.7 Å². The van der Waals surface area contributed by atoms with Crippen molar-refractivity contribution in [2.45, 2.75) is 32.1 Å². The first kappa shape index (κ1) is 16.4. The summed E-state index contributed by atoms with van der Waals surface area (Å²) in [6.45, 7) is 2.47. The van der Waals surface area contributed by atoms with Gasteiger partial charge in [-0.1, -0.05) is 25.3 Å². The Bertz CT molecular complexity index is 564. The third-order valence-electron chi connectivity index (χ3n) is 5.53. The van der Waals surface area contributed by atoms with Gasteiger partial charge in [-0.3, -0.25) is 4.79 Å². The minimum absolute atomic E-state index is 0.258. The van der Waals surface area contributed by atoms with E-state index < -0.39 is 23.1 Å². The van der Waals surface area contributed by atoms with Crippen molar-refractivity contribution < 1.29 is 13.6 Å². The van der Waals surface area contributed by atoms with Crippen LogP contribution in [0.3, 0.4) is 0 Å². The van der Waals surface area contributed by atoms with E-state index in [2.05, 4.69) is 17.3 Å². The highest BCUT2D eigenvalue weighted by Crippen LogP contribution is 2.46. The van der Waals surface area contributed by atoms with Crippen LogP contribution in [0.15, 0.2) is 18.2 Å². The first-order chi connectivity index (χ1) is 11.0. The topological polar surface area (TPSA) is 32.3 Å². The second-order valence-electron chi connectivity index (χ2n) is 7.12. The molecule has 1 aromatic carbocycles. The lowest BCUT2D eigenvalue weighted by Gasteiger charge is -2.38. The van der Waals surface area contributed by atoms with Crippen LogP contribution in [-0.2, 0) is 0 Å². The molecule has 1 saturated carbocycles. The fraction of sp³-hybridized carbons (Fsp3) is 0.611. The fourth-order valence-electron chi connectivity index (χ4n) is 4.42. The van der Waals surface area contributed by atoms with E-state index >= 15 is 0 Å². The molecule has 1 aliphatic carbocycles. The number of nitrogens with one attached hydrogen (secondary N) is 1. The minimum atomic E-state index is -0.807. The SMILES string of the molecule is CN1C[C@H](CNC(=O)c2c(F)cccc2F)C2(CCCCC2)C1. The summed E-state index contributed by atoms with van der Waals surface area (Å²) in [6.07, 6.45) is 6.13. The van der Waals surface area contributed by atoms with Crippen LogP contribution in [-0.4, -0.2) is 37.5 Å². The van der Waals surface area contributed by atoms with Crippen LogP contribution in [0.25, 0.3) is 0 Å². The fourth-order valence-corrected chi connectivity index (χ4v) is 4.42. The molecule has 0 unspecified atom stereocenters. The summed E-state index contributed by atoms with van der Waals surface area (Å²) in [7, 11) is 2.11. The van der Waals surface area contributed by atoms with Crippen molar-refractivity contribution in [1.82, 2.24) is 10.2 Å². The largest absolute Gasteiger partial charge is 0.352 e. The van der Waals surface area contributed by atoms with Gasteiger partial charge in [-0.15, -0.1) is 0 Å². The molecule has 2 fully saturated rings. The average Bonchev–Trinajstić information content (AvgIpc) is 2.81. The number of hydrogen-bond acceptors (Lipinski definition) is 2. The van der Waals surface area contributed by atoms with E-state index in [-0.39, 0.29) is 5.41 Å². The molecule has 1 N–H and O–H groups in total. The van der Waals surface area contributed by atoms with Crippen molar-refractivity contribution in [3.05, 3.63) is 35.4 Å². The van der Waals surface area contributed by atoms with Gasteiger partial charge in [0.25, 0.3) is 5.91 Å². The predicted octanol–water partition coefficient (Wildman–Crippen LogP) is 3.21. The Morgan fingerprint density at radius 2 is 1.91 bits per heavy atom. The summed E-state index contributed by atoms with van der Waals surface area (Å²) in [4.78, 5) is 14.5. The van der Waals surface area contributed by atoms with E-state index in [1.54, 1.807) is 0 Å². The molecule has 1 spiro atoms. The molecule has 1 aromatic rings. The molecular weight excluding hydrogens is 298 g/mol. The number of carbonyl (C=O) groups excluding carboxylic acids is 1. The van der Waals surface area contributed by atoms with Crippen LogP contribution < -0.4 is 5.32 Å². The van der Waals surface area contributed by atoms with E-state index in [0.29, 0.717) is 12.5 Å². The smallest absolute Gasteiger partial charge is 0.257 e. The van der Waals surface area contributed by atoms with Gasteiger partial charge in [0.05, 0.1) is 0 Å². The van der Waals surface area contributed by atoms with Crippen molar-refractivity contribution >= 4 is 5.91 Å². The summed E-state index contributed by atoms with van der Waals surface area (Å²) in [5, 5.41) is 2.77. The molecule has 0 radical (unpaired) electrons. The molecule has 1 amide bonds. The van der Waals surface area contributed by atoms with Gasteiger partial charge in [-0.05, 0) is 43.4 Å². The lowest BCUT2D eigenvalue weighted by Crippen LogP contribution is -2.40. The average molecular weight is 322 g/mol. The molecule has 1 heterocycles. The normalized spacial score (nSPS) is 24.0. The van der Waals surface area contributed by atoms with Gasteiger partial charge >= 0.3 is 0 Å². The van der Waals surface area contributed by atoms with Gasteiger partial charge in [0.15, 0.2) is 0 Å². The van der Waals surface area contributed by atoms with Gasteiger partial charge in [0.2, 0.25) is 0 Å². The number of rotatable bonds is 3. The number of carbonyl (C=O) groups is 1. The first-order valence-electron chi connectivity index (χ1n) is 8.43. The third-order valence-corrected chi connectivity index (χ3v) is 5.53. The van der Waals surface area contributed by atoms with E-state index in [1.165, 1.54) is 38.2 Å². The number of amides is 1. The molecular formula is C18H24F2N2O. The molecule has 1 aliphatic heterocycles. The van der Waals surface area contributed by atoms with Crippen LogP contribution in [0.1, 0.15) is 42.5 Å². The number of nitrogens with zero attached hydrogens (tertiary/aromatic N) is 1. The zero-order chi connectivity index (χ0) is 16.4. The highest BCUT2D eigenvalue weighted by molar-refractivity contribution is 5.94. The number of benzene rings is 1. The number of hydrogen-bond donors (Lipinski definition) is 1. The lowest BCUT2D eigenvalue weighted by molar-refractivity contribution is 0.0908. The minimum Gasteiger partial charge on any atom is -0.352 e. The molecule has 3 rings (SSSR count). The maximum atomic E-state index is 13.7. The molecule has 5 heteroatoms. The van der Waals surface area contributed by atoms with E-state index in [0.717, 1.165) is 25.2 Å². The highest BCUT2D eigenvalue weighted by Gasteiger charge is 2.45. The standard InChI is InChI=1S/C18H24F2N2O/c1-22-11-13(18(12-22)8-3-2-4-9-18)10-21-17(23)16-14(19)6-5-7-15(16)20/h5-7,13H,2-4,8-12H2,1H3,(H,21,23)/t13-/m0/s1. The molecule has 23 heavy (non-hydrogen) atoms. The van der Waals surface area contributed by atoms with E-state index in [4.69, 9.17) is 0 Å². The summed E-state index contributed by atoms with van der Waals surface area (Å²) < 4.78 is 27.4. The van der Waals surface area contributed by atoms with Crippen molar-refractivity contribution in [3.8, 4) is 0 Å². The summed E-state index contributed by atoms with van der Waals surface area (Å²) in [6, 6.07) is 3.50. The second kappa shape index (κ2) is 6.56. The Labute approximate surface area is 136 Å². The van der Waals surface area contributed by atoms with Crippen LogP contribution in [0.4, 0.5) is 8.78 Å². The van der Waals surface area contributed by atoms with Gasteiger partial charge in [0.1, 0.15) is 17.2 Å². The Kier molecular flexibility index (Phi) is 4.67. The second-order valence-corrected chi connectivity index (χ2v) is 7.12. The van der Waals surface area contributed by atoms with Crippen LogP contribution in [0.5, 0.6) is 0 Å². The number of likely N-dealkylation sites (tertiary alicyclic amines) is 1. The van der Waals surface area contributed by atoms with Gasteiger partial charge in [-0.25, -0.2) is 8.78 Å². The zero-order valence-corrected chi connectivity index (χ0v) is 13.6. The Balaban J connectivity index is 1.68. The van der Waals surface area contributed by atoms with Crippen LogP contribution in [0.2, 0.25) is 0 Å². The van der Waals surface area contributed by atoms with Crippen LogP contribution >= 0.6 is 0 Å². The zero-order valence-electron chi connectivity index (χ0n) is 13.6. The molecule has 3 nitrogen and oxygen atoms in total. The van der Waals surface area contributed by atoms with Crippen molar-refractivity contribution in [1.29, 1.82) is 0 Å². The quantitative estimate of drug-likeness (QED) is 0.927. The molecule has 1 atom stereocenters. The maximum absolute atomic E-state index is 13.7. The maximum Gasteiger partial charge on any atom is 0.257 e. The van der Waals surface area contributed by atoms with E-state index in [9.17, 15) is 13.6 Å². The first-order valence-corrected chi connectivity index (χ1v) is 8.43. The number of halogens is 2. The molecule has 0 aromatic heterocycles. The summed E-state index contributed by atoms with van der Waals surface area (Å²) >= 11 is 0. The lowest BCUT2D eigenvalue weighted by atomic mass is 9.67. The Morgan fingerprint density at radius 1 is 1.26 bits per heavy atom. The Morgan fingerprint density at radius 3 is 2.57 bits per heavy atom. The predicted molar refractivity (Wildman–Crippen MR) is 85.2 cm³/mol. The Hall–Kier alpha value is -1.49. The highest BCUT2D eigenvalue weighted by atomic mass is 19.1. The van der Waals surface area contributed by atoms with Gasteiger partial charge in [-0.2, -0.15) is 0 Å². The van der Waals surface area contributed by atoms with E-state index in [1.807, 2.05) is 0 Å². The van der Waals surface area contributed by atoms with Gasteiger partial charge < -0.3 is 10.2 Å². The third kappa shape index (κ3) is 3.25. The molecule has 0 bridgehead atoms. The summed E-state index contributed by atoms with van der Waals surface area (Å²) in [5.41, 5.74) is -0.217. The van der Waals surface area contributed by atoms with Crippen molar-refractivity contribution in [3.63, 3.8) is 0 Å². The van der Waals surface area contributed by atoms with Crippen LogP contribution in [0, 0.1) is 23.0 Å². The summed E-state index contributed by atoms with van der Waals surface area (Å²) in [5.74, 6) is -1.91.